The molecule has 15 heavy (non-hydrogen) atoms. The van der Waals surface area contributed by atoms with Gasteiger partial charge >= 0.3 is 0 Å². The van der Waals surface area contributed by atoms with Crippen LogP contribution in [0.15, 0.2) is 18.2 Å². The Kier molecular flexibility index (Phi) is 3.55. The number of fused-ring (bicyclic) bond motifs is 1. The van der Waals surface area contributed by atoms with Crippen molar-refractivity contribution in [1.29, 1.82) is 0 Å². The Bertz CT molecular complexity index is 399. The molecule has 1 aromatic rings. The van der Waals surface area contributed by atoms with Gasteiger partial charge in [0.15, 0.2) is 5.78 Å². The average Bonchev–Trinajstić information content (AvgIpc) is 2.63. The van der Waals surface area contributed by atoms with Crippen LogP contribution in [0.25, 0.3) is 0 Å². The maximum absolute atomic E-state index is 11.2. The van der Waals surface area contributed by atoms with Gasteiger partial charge in [-0.15, -0.1) is 0 Å². The highest BCUT2D eigenvalue weighted by Crippen LogP contribution is 2.29. The number of carbonyl (C=O) groups is 1. The summed E-state index contributed by atoms with van der Waals surface area (Å²) in [7, 11) is 0. The molecule has 1 aliphatic rings. The molecule has 0 N–H and O–H groups in total. The van der Waals surface area contributed by atoms with Crippen LogP contribution >= 0.6 is 0 Å². The number of nitrogens with zero attached hydrogens (tertiary/aromatic N) is 1. The number of nitro benzene ring substituents is 1. The van der Waals surface area contributed by atoms with Gasteiger partial charge in [0, 0.05) is 23.6 Å². The van der Waals surface area contributed by atoms with Crippen LogP contribution in [0.4, 0.5) is 5.69 Å². The second-order valence-corrected chi connectivity index (χ2v) is 2.98. The summed E-state index contributed by atoms with van der Waals surface area (Å²) in [5, 5.41) is 10.6. The Morgan fingerprint density at radius 3 is 2.53 bits per heavy atom. The van der Waals surface area contributed by atoms with Crippen molar-refractivity contribution in [3.05, 3.63) is 39.4 Å². The zero-order valence-electron chi connectivity index (χ0n) is 8.82. The summed E-state index contributed by atoms with van der Waals surface area (Å²) >= 11 is 0. The topological polar surface area (TPSA) is 60.2 Å². The van der Waals surface area contributed by atoms with Crippen LogP contribution in [0.3, 0.4) is 0 Å². The number of hydrogen-bond donors (Lipinski definition) is 0. The van der Waals surface area contributed by atoms with Crippen LogP contribution in [0, 0.1) is 10.1 Å². The molecule has 0 fully saturated rings. The molecule has 0 heterocycles. The fourth-order valence-electron chi connectivity index (χ4n) is 1.64. The number of nitro groups is 1. The van der Waals surface area contributed by atoms with Gasteiger partial charge < -0.3 is 0 Å². The molecule has 2 rings (SSSR count). The third-order valence-electron chi connectivity index (χ3n) is 2.25. The quantitative estimate of drug-likeness (QED) is 0.525. The van der Waals surface area contributed by atoms with E-state index in [1.54, 1.807) is 12.1 Å². The summed E-state index contributed by atoms with van der Waals surface area (Å²) in [5.74, 6) is 0.0127. The fraction of sp³-hybridized carbons (Fsp3) is 0.364. The number of benzene rings is 1. The molecular weight excluding hydrogens is 194 g/mol. The standard InChI is InChI=1S/C9H7NO3.C2H6/c11-9-5-4-6-7(9)2-1-3-8(6)10(12)13;1-2/h1-3H,4-5H2;1-2H3. The Labute approximate surface area is 88.1 Å². The third kappa shape index (κ3) is 2.03. The normalized spacial score (nSPS) is 12.8. The van der Waals surface area contributed by atoms with E-state index in [1.165, 1.54) is 6.07 Å². The van der Waals surface area contributed by atoms with E-state index in [9.17, 15) is 14.9 Å². The lowest BCUT2D eigenvalue weighted by Gasteiger charge is -1.97. The molecule has 4 heteroatoms. The largest absolute Gasteiger partial charge is 0.294 e. The predicted molar refractivity (Wildman–Crippen MR) is 57.1 cm³/mol. The minimum atomic E-state index is -0.433. The van der Waals surface area contributed by atoms with Gasteiger partial charge in [0.1, 0.15) is 0 Å². The second-order valence-electron chi connectivity index (χ2n) is 2.98. The molecule has 0 radical (unpaired) electrons. The van der Waals surface area contributed by atoms with Crippen LogP contribution in [0.5, 0.6) is 0 Å². The minimum absolute atomic E-state index is 0.0127. The molecule has 0 amide bonds. The molecule has 0 bridgehead atoms. The van der Waals surface area contributed by atoms with E-state index in [0.29, 0.717) is 24.0 Å². The van der Waals surface area contributed by atoms with E-state index in [0.717, 1.165) is 0 Å². The Morgan fingerprint density at radius 2 is 1.93 bits per heavy atom. The Hall–Kier alpha value is -1.71. The highest BCUT2D eigenvalue weighted by atomic mass is 16.6. The lowest BCUT2D eigenvalue weighted by Crippen LogP contribution is -1.95. The van der Waals surface area contributed by atoms with E-state index in [2.05, 4.69) is 0 Å². The van der Waals surface area contributed by atoms with Gasteiger partial charge in [-0.05, 0) is 6.42 Å². The van der Waals surface area contributed by atoms with Crippen molar-refractivity contribution in [3.63, 3.8) is 0 Å². The molecule has 0 aliphatic heterocycles. The van der Waals surface area contributed by atoms with Crippen LogP contribution < -0.4 is 0 Å². The van der Waals surface area contributed by atoms with E-state index in [1.807, 2.05) is 13.8 Å². The Morgan fingerprint density at radius 1 is 1.27 bits per heavy atom. The third-order valence-corrected chi connectivity index (χ3v) is 2.25. The number of carbonyl (C=O) groups excluding carboxylic acids is 1. The Balaban J connectivity index is 0.000000531. The average molecular weight is 207 g/mol. The van der Waals surface area contributed by atoms with Crippen molar-refractivity contribution in [2.45, 2.75) is 26.7 Å². The summed E-state index contributed by atoms with van der Waals surface area (Å²) in [6, 6.07) is 4.65. The van der Waals surface area contributed by atoms with Crippen molar-refractivity contribution in [2.24, 2.45) is 0 Å². The monoisotopic (exact) mass is 207 g/mol. The first-order valence-electron chi connectivity index (χ1n) is 4.99. The zero-order valence-corrected chi connectivity index (χ0v) is 8.82. The summed E-state index contributed by atoms with van der Waals surface area (Å²) in [4.78, 5) is 21.3. The molecule has 1 aromatic carbocycles. The maximum Gasteiger partial charge on any atom is 0.273 e. The first kappa shape index (κ1) is 11.4. The van der Waals surface area contributed by atoms with E-state index < -0.39 is 4.92 Å². The van der Waals surface area contributed by atoms with Crippen molar-refractivity contribution < 1.29 is 9.72 Å². The van der Waals surface area contributed by atoms with E-state index in [4.69, 9.17) is 0 Å². The van der Waals surface area contributed by atoms with Crippen molar-refractivity contribution >= 4 is 11.5 Å². The molecule has 0 atom stereocenters. The second kappa shape index (κ2) is 4.68. The highest BCUT2D eigenvalue weighted by Gasteiger charge is 2.26. The van der Waals surface area contributed by atoms with Crippen molar-refractivity contribution in [1.82, 2.24) is 0 Å². The smallest absolute Gasteiger partial charge is 0.273 e. The van der Waals surface area contributed by atoms with Gasteiger partial charge in [0.2, 0.25) is 0 Å². The number of rotatable bonds is 1. The van der Waals surface area contributed by atoms with E-state index in [-0.39, 0.29) is 11.5 Å². The lowest BCUT2D eigenvalue weighted by molar-refractivity contribution is -0.385. The summed E-state index contributed by atoms with van der Waals surface area (Å²) in [6.45, 7) is 4.00. The zero-order chi connectivity index (χ0) is 11.4. The van der Waals surface area contributed by atoms with Crippen molar-refractivity contribution in [2.75, 3.05) is 0 Å². The first-order chi connectivity index (χ1) is 7.20. The van der Waals surface area contributed by atoms with Crippen LogP contribution in [-0.4, -0.2) is 10.7 Å². The summed E-state index contributed by atoms with van der Waals surface area (Å²) in [6.07, 6.45) is 0.908. The predicted octanol–water partition coefficient (Wildman–Crippen LogP) is 2.75. The molecular formula is C11H13NO3. The summed E-state index contributed by atoms with van der Waals surface area (Å²) in [5.41, 5.74) is 1.19. The molecule has 0 saturated carbocycles. The van der Waals surface area contributed by atoms with Gasteiger partial charge in [-0.3, -0.25) is 14.9 Å². The van der Waals surface area contributed by atoms with E-state index >= 15 is 0 Å². The van der Waals surface area contributed by atoms with Crippen LogP contribution in [0.2, 0.25) is 0 Å². The molecule has 0 aromatic heterocycles. The lowest BCUT2D eigenvalue weighted by atomic mass is 10.1. The molecule has 1 aliphatic carbocycles. The van der Waals surface area contributed by atoms with Crippen LogP contribution in [0.1, 0.15) is 36.2 Å². The maximum atomic E-state index is 11.2. The minimum Gasteiger partial charge on any atom is -0.294 e. The molecule has 4 nitrogen and oxygen atoms in total. The van der Waals surface area contributed by atoms with Crippen molar-refractivity contribution in [3.8, 4) is 0 Å². The van der Waals surface area contributed by atoms with Gasteiger partial charge in [-0.1, -0.05) is 26.0 Å². The fourth-order valence-corrected chi connectivity index (χ4v) is 1.64. The number of hydrogen-bond acceptors (Lipinski definition) is 3. The van der Waals surface area contributed by atoms with Gasteiger partial charge in [-0.2, -0.15) is 0 Å². The SMILES string of the molecule is CC.O=C1CCc2c1cccc2[N+](=O)[O-]. The van der Waals surface area contributed by atoms with Gasteiger partial charge in [0.05, 0.1) is 4.92 Å². The van der Waals surface area contributed by atoms with Gasteiger partial charge in [0.25, 0.3) is 5.69 Å². The summed E-state index contributed by atoms with van der Waals surface area (Å²) < 4.78 is 0. The highest BCUT2D eigenvalue weighted by molar-refractivity contribution is 6.01. The molecule has 80 valence electrons. The molecule has 0 unspecified atom stereocenters. The van der Waals surface area contributed by atoms with Crippen LogP contribution in [-0.2, 0) is 6.42 Å². The first-order valence-corrected chi connectivity index (χ1v) is 4.99. The number of Topliss-reactive ketones (excluding diaryl/α,β-unsaturated/α-hetero) is 1. The molecule has 0 saturated heterocycles. The van der Waals surface area contributed by atoms with Gasteiger partial charge in [-0.25, -0.2) is 0 Å². The molecule has 0 spiro atoms. The number of ketones is 1.